The fraction of sp³-hybridized carbons (Fsp3) is 0.583. The van der Waals surface area contributed by atoms with Crippen LogP contribution in [0.3, 0.4) is 0 Å². The summed E-state index contributed by atoms with van der Waals surface area (Å²) in [6, 6.07) is 1.89. The van der Waals surface area contributed by atoms with Crippen LogP contribution >= 0.6 is 27.3 Å². The highest BCUT2D eigenvalue weighted by Crippen LogP contribution is 2.20. The Labute approximate surface area is 115 Å². The maximum absolute atomic E-state index is 12.0. The Morgan fingerprint density at radius 2 is 2.29 bits per heavy atom. The highest BCUT2D eigenvalue weighted by atomic mass is 79.9. The largest absolute Gasteiger partial charge is 0.380 e. The summed E-state index contributed by atoms with van der Waals surface area (Å²) in [7, 11) is 0. The fourth-order valence-electron chi connectivity index (χ4n) is 1.33. The number of nitrogens with one attached hydrogen (secondary N) is 1. The molecule has 1 aromatic rings. The normalized spacial score (nSPS) is 12.8. The first-order valence-corrected chi connectivity index (χ1v) is 7.34. The summed E-state index contributed by atoms with van der Waals surface area (Å²) in [6.07, 6.45) is 0. The van der Waals surface area contributed by atoms with E-state index in [-0.39, 0.29) is 11.9 Å². The minimum absolute atomic E-state index is 0.0367. The van der Waals surface area contributed by atoms with Crippen LogP contribution in [0.1, 0.15) is 31.1 Å². The van der Waals surface area contributed by atoms with Crippen molar-refractivity contribution in [1.29, 1.82) is 0 Å². The first-order chi connectivity index (χ1) is 8.04. The number of carbonyl (C=O) groups is 1. The van der Waals surface area contributed by atoms with Gasteiger partial charge in [-0.05, 0) is 34.8 Å². The van der Waals surface area contributed by atoms with Crippen LogP contribution in [0.4, 0.5) is 0 Å². The van der Waals surface area contributed by atoms with Crippen LogP contribution in [0.5, 0.6) is 0 Å². The first-order valence-electron chi connectivity index (χ1n) is 5.67. The summed E-state index contributed by atoms with van der Waals surface area (Å²) in [4.78, 5) is 12.0. The predicted octanol–water partition coefficient (Wildman–Crippen LogP) is 3.30. The second-order valence-electron chi connectivity index (χ2n) is 4.12. The van der Waals surface area contributed by atoms with Crippen molar-refractivity contribution >= 4 is 33.2 Å². The van der Waals surface area contributed by atoms with E-state index in [0.717, 1.165) is 3.79 Å². The molecule has 1 rings (SSSR count). The Morgan fingerprint density at radius 1 is 1.59 bits per heavy atom. The highest BCUT2D eigenvalue weighted by molar-refractivity contribution is 9.11. The van der Waals surface area contributed by atoms with Gasteiger partial charge in [0.2, 0.25) is 0 Å². The van der Waals surface area contributed by atoms with Crippen molar-refractivity contribution in [2.45, 2.75) is 26.8 Å². The molecular formula is C12H18BrNO2S. The van der Waals surface area contributed by atoms with Crippen molar-refractivity contribution in [3.8, 4) is 0 Å². The van der Waals surface area contributed by atoms with E-state index >= 15 is 0 Å². The minimum Gasteiger partial charge on any atom is -0.380 e. The maximum atomic E-state index is 12.0. The van der Waals surface area contributed by atoms with Gasteiger partial charge in [-0.15, -0.1) is 11.3 Å². The van der Waals surface area contributed by atoms with Gasteiger partial charge in [-0.1, -0.05) is 13.8 Å². The monoisotopic (exact) mass is 319 g/mol. The number of rotatable bonds is 6. The van der Waals surface area contributed by atoms with Gasteiger partial charge in [-0.3, -0.25) is 4.79 Å². The molecule has 3 nitrogen and oxygen atoms in total. The van der Waals surface area contributed by atoms with Gasteiger partial charge in [0.25, 0.3) is 5.91 Å². The summed E-state index contributed by atoms with van der Waals surface area (Å²) in [5.41, 5.74) is 0.698. The average Bonchev–Trinajstić information content (AvgIpc) is 2.70. The third-order valence-corrected chi connectivity index (χ3v) is 3.96. The van der Waals surface area contributed by atoms with Crippen LogP contribution in [0, 0.1) is 5.92 Å². The molecule has 5 heteroatoms. The molecule has 17 heavy (non-hydrogen) atoms. The van der Waals surface area contributed by atoms with Crippen LogP contribution in [-0.4, -0.2) is 25.2 Å². The van der Waals surface area contributed by atoms with Crippen molar-refractivity contribution in [3.63, 3.8) is 0 Å². The lowest BCUT2D eigenvalue weighted by Crippen LogP contribution is -2.41. The molecule has 1 heterocycles. The molecule has 0 aliphatic carbocycles. The molecule has 0 saturated heterocycles. The van der Waals surface area contributed by atoms with E-state index in [1.54, 1.807) is 0 Å². The second kappa shape index (κ2) is 7.13. The van der Waals surface area contributed by atoms with E-state index in [4.69, 9.17) is 4.74 Å². The second-order valence-corrected chi connectivity index (χ2v) is 6.41. The predicted molar refractivity (Wildman–Crippen MR) is 74.6 cm³/mol. The molecular weight excluding hydrogens is 302 g/mol. The van der Waals surface area contributed by atoms with Crippen LogP contribution in [0.15, 0.2) is 15.2 Å². The van der Waals surface area contributed by atoms with E-state index < -0.39 is 0 Å². The molecule has 1 N–H and O–H groups in total. The summed E-state index contributed by atoms with van der Waals surface area (Å²) in [5, 5.41) is 4.85. The Balaban J connectivity index is 2.57. The van der Waals surface area contributed by atoms with E-state index in [1.165, 1.54) is 11.3 Å². The van der Waals surface area contributed by atoms with Gasteiger partial charge >= 0.3 is 0 Å². The average molecular weight is 320 g/mol. The van der Waals surface area contributed by atoms with E-state index in [1.807, 2.05) is 18.4 Å². The van der Waals surface area contributed by atoms with E-state index in [0.29, 0.717) is 24.7 Å². The molecule has 0 aliphatic rings. The molecule has 1 unspecified atom stereocenters. The van der Waals surface area contributed by atoms with Gasteiger partial charge in [0.15, 0.2) is 0 Å². The number of carbonyl (C=O) groups excluding carboxylic acids is 1. The molecule has 1 amide bonds. The van der Waals surface area contributed by atoms with E-state index in [9.17, 15) is 4.79 Å². The molecule has 0 bridgehead atoms. The Morgan fingerprint density at radius 3 is 2.76 bits per heavy atom. The molecule has 1 aromatic heterocycles. The zero-order valence-corrected chi connectivity index (χ0v) is 12.7. The Kier molecular flexibility index (Phi) is 6.16. The first kappa shape index (κ1) is 14.7. The van der Waals surface area contributed by atoms with E-state index in [2.05, 4.69) is 35.1 Å². The zero-order chi connectivity index (χ0) is 12.8. The summed E-state index contributed by atoms with van der Waals surface area (Å²) in [5.74, 6) is 0.318. The summed E-state index contributed by atoms with van der Waals surface area (Å²) >= 11 is 4.86. The van der Waals surface area contributed by atoms with Crippen molar-refractivity contribution in [2.24, 2.45) is 5.92 Å². The van der Waals surface area contributed by atoms with Crippen molar-refractivity contribution < 1.29 is 9.53 Å². The molecule has 1 atom stereocenters. The third-order valence-electron chi connectivity index (χ3n) is 2.45. The Bertz CT molecular complexity index is 365. The van der Waals surface area contributed by atoms with Crippen LogP contribution < -0.4 is 5.32 Å². The van der Waals surface area contributed by atoms with Crippen molar-refractivity contribution in [2.75, 3.05) is 13.2 Å². The van der Waals surface area contributed by atoms with Gasteiger partial charge in [0.05, 0.1) is 22.0 Å². The van der Waals surface area contributed by atoms with Gasteiger partial charge in [0.1, 0.15) is 0 Å². The standard InChI is InChI=1S/C12H18BrNO2S/c1-4-16-6-10(8(2)3)14-12(15)9-5-11(13)17-7-9/h5,7-8,10H,4,6H2,1-3H3,(H,14,15). The highest BCUT2D eigenvalue weighted by Gasteiger charge is 2.17. The molecule has 96 valence electrons. The Hall–Kier alpha value is -0.390. The minimum atomic E-state index is -0.0367. The number of hydrogen-bond acceptors (Lipinski definition) is 3. The number of halogens is 1. The zero-order valence-electron chi connectivity index (χ0n) is 10.3. The van der Waals surface area contributed by atoms with Gasteiger partial charge in [-0.2, -0.15) is 0 Å². The van der Waals surface area contributed by atoms with Gasteiger partial charge in [-0.25, -0.2) is 0 Å². The maximum Gasteiger partial charge on any atom is 0.252 e. The third kappa shape index (κ3) is 4.77. The lowest BCUT2D eigenvalue weighted by molar-refractivity contribution is 0.0806. The number of ether oxygens (including phenoxy) is 1. The van der Waals surface area contributed by atoms with Gasteiger partial charge < -0.3 is 10.1 Å². The molecule has 0 radical (unpaired) electrons. The smallest absolute Gasteiger partial charge is 0.252 e. The fourth-order valence-corrected chi connectivity index (χ4v) is 2.46. The molecule has 0 saturated carbocycles. The number of amides is 1. The SMILES string of the molecule is CCOCC(NC(=O)c1csc(Br)c1)C(C)C. The van der Waals surface area contributed by atoms with Crippen molar-refractivity contribution in [1.82, 2.24) is 5.32 Å². The van der Waals surface area contributed by atoms with Gasteiger partial charge in [0, 0.05) is 12.0 Å². The molecule has 0 spiro atoms. The molecule has 0 aliphatic heterocycles. The van der Waals surface area contributed by atoms with Crippen LogP contribution in [0.2, 0.25) is 0 Å². The molecule has 0 aromatic carbocycles. The lowest BCUT2D eigenvalue weighted by Gasteiger charge is -2.21. The lowest BCUT2D eigenvalue weighted by atomic mass is 10.1. The van der Waals surface area contributed by atoms with Crippen molar-refractivity contribution in [3.05, 3.63) is 20.8 Å². The number of hydrogen-bond donors (Lipinski definition) is 1. The summed E-state index contributed by atoms with van der Waals surface area (Å²) < 4.78 is 6.34. The molecule has 0 fully saturated rings. The summed E-state index contributed by atoms with van der Waals surface area (Å²) in [6.45, 7) is 7.34. The number of thiophene rings is 1. The topological polar surface area (TPSA) is 38.3 Å². The quantitative estimate of drug-likeness (QED) is 0.873. The van der Waals surface area contributed by atoms with Crippen LogP contribution in [0.25, 0.3) is 0 Å². The van der Waals surface area contributed by atoms with Crippen LogP contribution in [-0.2, 0) is 4.74 Å².